The number of amides is 2. The first-order valence-corrected chi connectivity index (χ1v) is 6.88. The predicted octanol–water partition coefficient (Wildman–Crippen LogP) is 0.439. The Morgan fingerprint density at radius 2 is 2.14 bits per heavy atom. The zero-order valence-electron chi connectivity index (χ0n) is 10.9. The average Bonchev–Trinajstić information content (AvgIpc) is 3.00. The van der Waals surface area contributed by atoms with Gasteiger partial charge < -0.3 is 4.74 Å². The Labute approximate surface area is 128 Å². The molecule has 1 N–H and O–H groups in total. The molecule has 3 rings (SSSR count). The van der Waals surface area contributed by atoms with Crippen LogP contribution in [0.25, 0.3) is 0 Å². The molecule has 1 aromatic rings. The maximum Gasteiger partial charge on any atom is 0.355 e. The highest BCUT2D eigenvalue weighted by Crippen LogP contribution is 2.31. The van der Waals surface area contributed by atoms with Crippen LogP contribution in [0.1, 0.15) is 0 Å². The van der Waals surface area contributed by atoms with Gasteiger partial charge in [-0.2, -0.15) is 5.10 Å². The fourth-order valence-electron chi connectivity index (χ4n) is 2.43. The summed E-state index contributed by atoms with van der Waals surface area (Å²) in [5.41, 5.74) is 2.92. The molecule has 1 aromatic carbocycles. The quantitative estimate of drug-likeness (QED) is 0.616. The lowest BCUT2D eigenvalue weighted by Crippen LogP contribution is -2.36. The van der Waals surface area contributed by atoms with Gasteiger partial charge in [0.15, 0.2) is 5.71 Å². The number of nitrogens with zero attached hydrogens (tertiary/aromatic N) is 2. The molecule has 0 aromatic heterocycles. The number of hydrogen-bond acceptors (Lipinski definition) is 6. The van der Waals surface area contributed by atoms with Gasteiger partial charge in [-0.05, 0) is 18.2 Å². The van der Waals surface area contributed by atoms with Crippen molar-refractivity contribution in [1.29, 1.82) is 0 Å². The van der Waals surface area contributed by atoms with Crippen LogP contribution in [0, 0.1) is 5.92 Å². The monoisotopic (exact) mass is 351 g/mol. The summed E-state index contributed by atoms with van der Waals surface area (Å²) >= 11 is 3.29. The smallest absolute Gasteiger partial charge is 0.355 e. The summed E-state index contributed by atoms with van der Waals surface area (Å²) in [4.78, 5) is 37.6. The van der Waals surface area contributed by atoms with E-state index in [4.69, 9.17) is 0 Å². The number of ether oxygens (including phenoxy) is 1. The second-order valence-corrected chi connectivity index (χ2v) is 5.48. The molecule has 0 bridgehead atoms. The van der Waals surface area contributed by atoms with E-state index >= 15 is 0 Å². The molecule has 0 saturated carbocycles. The molecule has 2 atom stereocenters. The number of hydrogen-bond donors (Lipinski definition) is 1. The summed E-state index contributed by atoms with van der Waals surface area (Å²) in [5, 5.41) is 3.75. The Bertz CT molecular complexity index is 688. The number of methoxy groups -OCH3 is 1. The van der Waals surface area contributed by atoms with Crippen LogP contribution in [-0.2, 0) is 19.1 Å². The lowest BCUT2D eigenvalue weighted by molar-refractivity contribution is -0.133. The predicted molar refractivity (Wildman–Crippen MR) is 76.5 cm³/mol. The number of nitrogens with one attached hydrogen (secondary N) is 1. The number of rotatable bonds is 2. The Morgan fingerprint density at radius 3 is 2.81 bits per heavy atom. The molecule has 21 heavy (non-hydrogen) atoms. The average molecular weight is 352 g/mol. The van der Waals surface area contributed by atoms with Gasteiger partial charge in [-0.3, -0.25) is 15.0 Å². The summed E-state index contributed by atoms with van der Waals surface area (Å²) < 4.78 is 5.33. The van der Waals surface area contributed by atoms with E-state index in [1.54, 1.807) is 24.3 Å². The molecule has 7 nitrogen and oxygen atoms in total. The molecule has 2 amide bonds. The van der Waals surface area contributed by atoms with Crippen LogP contribution in [-0.4, -0.2) is 36.6 Å². The van der Waals surface area contributed by atoms with Crippen LogP contribution >= 0.6 is 15.9 Å². The molecule has 1 fully saturated rings. The number of carbonyl (C=O) groups is 3. The molecule has 8 heteroatoms. The van der Waals surface area contributed by atoms with Crippen molar-refractivity contribution in [3.05, 3.63) is 28.7 Å². The van der Waals surface area contributed by atoms with E-state index in [1.807, 2.05) is 0 Å². The van der Waals surface area contributed by atoms with Gasteiger partial charge in [0, 0.05) is 4.47 Å². The van der Waals surface area contributed by atoms with E-state index in [2.05, 4.69) is 31.2 Å². The summed E-state index contributed by atoms with van der Waals surface area (Å²) in [5.74, 6) is -2.58. The molecule has 0 unspecified atom stereocenters. The first-order chi connectivity index (χ1) is 10.0. The van der Waals surface area contributed by atoms with Crippen molar-refractivity contribution in [1.82, 2.24) is 5.43 Å². The zero-order valence-corrected chi connectivity index (χ0v) is 12.5. The second-order valence-electron chi connectivity index (χ2n) is 4.56. The van der Waals surface area contributed by atoms with Crippen LogP contribution in [0.4, 0.5) is 5.69 Å². The number of benzene rings is 1. The van der Waals surface area contributed by atoms with Crippen molar-refractivity contribution in [2.45, 2.75) is 6.04 Å². The highest BCUT2D eigenvalue weighted by atomic mass is 79.9. The summed E-state index contributed by atoms with van der Waals surface area (Å²) in [6, 6.07) is 5.96. The Morgan fingerprint density at radius 1 is 1.38 bits per heavy atom. The molecular weight excluding hydrogens is 342 g/mol. The van der Waals surface area contributed by atoms with E-state index in [-0.39, 0.29) is 5.71 Å². The van der Waals surface area contributed by atoms with E-state index in [0.717, 1.165) is 9.37 Å². The van der Waals surface area contributed by atoms with Gasteiger partial charge in [-0.15, -0.1) is 0 Å². The highest BCUT2D eigenvalue weighted by Gasteiger charge is 2.55. The molecule has 0 spiro atoms. The van der Waals surface area contributed by atoms with E-state index in [1.165, 1.54) is 7.11 Å². The Hall–Kier alpha value is -2.22. The van der Waals surface area contributed by atoms with Crippen LogP contribution in [0.5, 0.6) is 0 Å². The minimum Gasteiger partial charge on any atom is -0.464 e. The normalized spacial score (nSPS) is 23.7. The SMILES string of the molecule is COC(=O)C1=NN[C@@H]2C(=O)N(c3cccc(Br)c3)C(=O)[C@H]12. The van der Waals surface area contributed by atoms with Crippen LogP contribution in [0.15, 0.2) is 33.8 Å². The van der Waals surface area contributed by atoms with Crippen molar-refractivity contribution >= 4 is 45.1 Å². The minimum absolute atomic E-state index is 0.0710. The maximum atomic E-state index is 12.5. The molecule has 108 valence electrons. The van der Waals surface area contributed by atoms with Gasteiger partial charge >= 0.3 is 5.97 Å². The summed E-state index contributed by atoms with van der Waals surface area (Å²) in [6.45, 7) is 0. The third-order valence-electron chi connectivity index (χ3n) is 3.39. The Balaban J connectivity index is 1.98. The first kappa shape index (κ1) is 13.7. The van der Waals surface area contributed by atoms with Gasteiger partial charge in [-0.25, -0.2) is 9.69 Å². The molecule has 0 radical (unpaired) electrons. The zero-order chi connectivity index (χ0) is 15.1. The highest BCUT2D eigenvalue weighted by molar-refractivity contribution is 9.10. The lowest BCUT2D eigenvalue weighted by atomic mass is 9.99. The van der Waals surface area contributed by atoms with Gasteiger partial charge in [0.2, 0.25) is 5.91 Å². The topological polar surface area (TPSA) is 88.1 Å². The molecule has 2 aliphatic heterocycles. The van der Waals surface area contributed by atoms with Gasteiger partial charge in [0.1, 0.15) is 12.0 Å². The number of imide groups is 1. The number of carbonyl (C=O) groups excluding carboxylic acids is 3. The van der Waals surface area contributed by atoms with Crippen molar-refractivity contribution in [2.24, 2.45) is 11.0 Å². The van der Waals surface area contributed by atoms with Crippen LogP contribution in [0.3, 0.4) is 0 Å². The van der Waals surface area contributed by atoms with Crippen LogP contribution < -0.4 is 10.3 Å². The van der Waals surface area contributed by atoms with Crippen molar-refractivity contribution in [3.8, 4) is 0 Å². The minimum atomic E-state index is -0.941. The third kappa shape index (κ3) is 2.02. The molecular formula is C13H10BrN3O4. The molecule has 1 saturated heterocycles. The summed E-state index contributed by atoms with van der Waals surface area (Å²) in [6.07, 6.45) is 0. The maximum absolute atomic E-state index is 12.5. The Kier molecular flexibility index (Phi) is 3.25. The summed E-state index contributed by atoms with van der Waals surface area (Å²) in [7, 11) is 1.20. The van der Waals surface area contributed by atoms with Gasteiger partial charge in [0.25, 0.3) is 5.91 Å². The first-order valence-electron chi connectivity index (χ1n) is 6.09. The third-order valence-corrected chi connectivity index (χ3v) is 3.88. The molecule has 0 aliphatic carbocycles. The van der Waals surface area contributed by atoms with Gasteiger partial charge in [0.05, 0.1) is 12.8 Å². The van der Waals surface area contributed by atoms with E-state index < -0.39 is 29.7 Å². The van der Waals surface area contributed by atoms with Crippen molar-refractivity contribution < 1.29 is 19.1 Å². The van der Waals surface area contributed by atoms with Crippen molar-refractivity contribution in [2.75, 3.05) is 12.0 Å². The van der Waals surface area contributed by atoms with Gasteiger partial charge in [-0.1, -0.05) is 22.0 Å². The fraction of sp³-hybridized carbons (Fsp3) is 0.231. The fourth-order valence-corrected chi connectivity index (χ4v) is 2.82. The van der Waals surface area contributed by atoms with E-state index in [0.29, 0.717) is 5.69 Å². The number of fused-ring (bicyclic) bond motifs is 1. The number of halogens is 1. The number of hydrazone groups is 1. The second kappa shape index (κ2) is 4.96. The largest absolute Gasteiger partial charge is 0.464 e. The van der Waals surface area contributed by atoms with Crippen LogP contribution in [0.2, 0.25) is 0 Å². The lowest BCUT2D eigenvalue weighted by Gasteiger charge is -2.15. The molecule has 2 aliphatic rings. The number of anilines is 1. The standard InChI is InChI=1S/C13H10BrN3O4/c1-21-13(20)10-8-9(15-16-10)12(19)17(11(8)18)7-4-2-3-6(14)5-7/h2-5,8-9,15H,1H3/t8-,9-/m0/s1. The number of esters is 1. The van der Waals surface area contributed by atoms with Crippen molar-refractivity contribution in [3.63, 3.8) is 0 Å². The molecule has 2 heterocycles. The van der Waals surface area contributed by atoms with E-state index in [9.17, 15) is 14.4 Å².